The van der Waals surface area contributed by atoms with E-state index >= 15 is 0 Å². The second-order valence-corrected chi connectivity index (χ2v) is 6.62. The number of aliphatic hydroxyl groups excluding tert-OH is 2. The first-order valence-corrected chi connectivity index (χ1v) is 8.55. The number of nitrogens with zero attached hydrogens (tertiary/aromatic N) is 4. The van der Waals surface area contributed by atoms with E-state index in [1.807, 2.05) is 0 Å². The van der Waals surface area contributed by atoms with Crippen LogP contribution in [0.1, 0.15) is 6.23 Å². The molecule has 15 heteroatoms. The molecule has 0 aliphatic carbocycles. The molecule has 0 spiro atoms. The van der Waals surface area contributed by atoms with Gasteiger partial charge in [-0.15, -0.1) is 0 Å². The van der Waals surface area contributed by atoms with E-state index < -0.39 is 45.1 Å². The number of primary amides is 1. The maximum Gasteiger partial charge on any atom is 0.410 e. The van der Waals surface area contributed by atoms with Crippen LogP contribution in [0, 0.1) is 0 Å². The summed E-state index contributed by atoms with van der Waals surface area (Å²) < 4.78 is 26.3. The Kier molecular flexibility index (Phi) is 4.79. The van der Waals surface area contributed by atoms with E-state index in [1.165, 1.54) is 17.2 Å². The molecule has 5 atom stereocenters. The highest BCUT2D eigenvalue weighted by molar-refractivity contribution is 7.46. The fourth-order valence-corrected chi connectivity index (χ4v) is 3.06. The number of imidazole rings is 1. The zero-order valence-corrected chi connectivity index (χ0v) is 13.8. The summed E-state index contributed by atoms with van der Waals surface area (Å²) in [6, 6.07) is 0. The van der Waals surface area contributed by atoms with Gasteiger partial charge in [0.1, 0.15) is 30.2 Å². The maximum atomic E-state index is 11.3. The minimum Gasteiger partial charge on any atom is -0.746 e. The number of amides is 1. The molecule has 1 fully saturated rings. The summed E-state index contributed by atoms with van der Waals surface area (Å²) in [5, 5.41) is 20.3. The highest BCUT2D eigenvalue weighted by Gasteiger charge is 2.45. The summed E-state index contributed by atoms with van der Waals surface area (Å²) in [6.45, 7) is -0.730. The number of carbonyl (C=O) groups excluding carboxylic acids is 1. The Labute approximate surface area is 144 Å². The molecule has 142 valence electrons. The number of rotatable bonds is 5. The Hall–Kier alpha value is -2.35. The van der Waals surface area contributed by atoms with Crippen molar-refractivity contribution in [1.82, 2.24) is 19.5 Å². The number of phosphoric acid groups is 1. The number of nitrogen functional groups attached to an aromatic ring is 1. The van der Waals surface area contributed by atoms with Gasteiger partial charge in [-0.25, -0.2) is 19.7 Å². The number of ether oxygens (including phenoxy) is 1. The standard InChI is InChI=1S/C11H15N6O8P/c12-8-5-9(15-2-14-8)17(3-16-5)10-7(19)6(18)4(24-10)1-23-26(21,22)25-11(13)20/h2-4,6-7,10,18-19H,1H2,(H2,13,20)(H,21,22)(H2,12,14,15)/p-1/t4-,6-,7-,10-/m1/s1. The van der Waals surface area contributed by atoms with Crippen LogP contribution in [0.15, 0.2) is 12.7 Å². The van der Waals surface area contributed by atoms with Crippen molar-refractivity contribution >= 4 is 30.9 Å². The molecule has 2 aromatic rings. The van der Waals surface area contributed by atoms with Crippen molar-refractivity contribution in [3.05, 3.63) is 12.7 Å². The van der Waals surface area contributed by atoms with E-state index in [9.17, 15) is 24.5 Å². The molecule has 0 radical (unpaired) electrons. The fourth-order valence-electron chi connectivity index (χ4n) is 2.45. The molecule has 1 amide bonds. The van der Waals surface area contributed by atoms with Gasteiger partial charge in [0, 0.05) is 0 Å². The van der Waals surface area contributed by atoms with Gasteiger partial charge < -0.3 is 40.4 Å². The highest BCUT2D eigenvalue weighted by Crippen LogP contribution is 2.40. The quantitative estimate of drug-likeness (QED) is 0.393. The molecule has 3 rings (SSSR count). The third-order valence-electron chi connectivity index (χ3n) is 3.60. The molecule has 3 heterocycles. The monoisotopic (exact) mass is 389 g/mol. The van der Waals surface area contributed by atoms with Crippen molar-refractivity contribution in [2.24, 2.45) is 5.73 Å². The smallest absolute Gasteiger partial charge is 0.410 e. The SMILES string of the molecule is NC(=O)OP(=O)([O-])OC[C@H]1O[C@@H](n2cnc3c(N)ncnc32)[C@H](O)[C@@H]1O. The highest BCUT2D eigenvalue weighted by atomic mass is 31.2. The summed E-state index contributed by atoms with van der Waals surface area (Å²) in [4.78, 5) is 33.6. The van der Waals surface area contributed by atoms with Crippen molar-refractivity contribution in [3.8, 4) is 0 Å². The molecule has 2 aromatic heterocycles. The van der Waals surface area contributed by atoms with Gasteiger partial charge in [-0.1, -0.05) is 0 Å². The number of hydrogen-bond donors (Lipinski definition) is 4. The first kappa shape index (κ1) is 18.4. The van der Waals surface area contributed by atoms with Gasteiger partial charge in [0.2, 0.25) is 0 Å². The summed E-state index contributed by atoms with van der Waals surface area (Å²) in [5.74, 6) is 0.109. The summed E-state index contributed by atoms with van der Waals surface area (Å²) >= 11 is 0. The first-order chi connectivity index (χ1) is 12.2. The van der Waals surface area contributed by atoms with Crippen LogP contribution in [0.3, 0.4) is 0 Å². The van der Waals surface area contributed by atoms with E-state index in [1.54, 1.807) is 0 Å². The lowest BCUT2D eigenvalue weighted by atomic mass is 10.1. The minimum atomic E-state index is -5.03. The van der Waals surface area contributed by atoms with Crippen molar-refractivity contribution in [2.75, 3.05) is 12.3 Å². The van der Waals surface area contributed by atoms with Crippen molar-refractivity contribution in [3.63, 3.8) is 0 Å². The van der Waals surface area contributed by atoms with Crippen molar-refractivity contribution in [2.45, 2.75) is 24.5 Å². The fraction of sp³-hybridized carbons (Fsp3) is 0.455. The maximum absolute atomic E-state index is 11.3. The molecular weight excluding hydrogens is 375 g/mol. The van der Waals surface area contributed by atoms with Crippen molar-refractivity contribution in [1.29, 1.82) is 0 Å². The lowest BCUT2D eigenvalue weighted by Gasteiger charge is -2.23. The number of aliphatic hydroxyl groups is 2. The summed E-state index contributed by atoms with van der Waals surface area (Å²) in [6.07, 6.45) is -4.50. The summed E-state index contributed by atoms with van der Waals surface area (Å²) in [7, 11) is -5.03. The lowest BCUT2D eigenvalue weighted by Crippen LogP contribution is -2.34. The van der Waals surface area contributed by atoms with Crippen LogP contribution in [-0.4, -0.2) is 60.7 Å². The van der Waals surface area contributed by atoms with Gasteiger partial charge in [-0.3, -0.25) is 9.13 Å². The van der Waals surface area contributed by atoms with Crippen LogP contribution < -0.4 is 16.4 Å². The van der Waals surface area contributed by atoms with Crippen LogP contribution in [0.5, 0.6) is 0 Å². The van der Waals surface area contributed by atoms with E-state index in [4.69, 9.17) is 10.5 Å². The van der Waals surface area contributed by atoms with E-state index in [2.05, 4.69) is 29.7 Å². The van der Waals surface area contributed by atoms with Crippen LogP contribution >= 0.6 is 7.82 Å². The van der Waals surface area contributed by atoms with Gasteiger partial charge in [0.25, 0.3) is 0 Å². The molecule has 0 saturated carbocycles. The number of hydrogen-bond acceptors (Lipinski definition) is 12. The van der Waals surface area contributed by atoms with Gasteiger partial charge in [0.15, 0.2) is 17.7 Å². The zero-order chi connectivity index (χ0) is 19.1. The Bertz CT molecular complexity index is 875. The predicted octanol–water partition coefficient (Wildman–Crippen LogP) is -2.39. The molecule has 1 aliphatic rings. The molecule has 1 aliphatic heterocycles. The second-order valence-electron chi connectivity index (χ2n) is 5.28. The molecule has 0 aromatic carbocycles. The number of carbonyl (C=O) groups is 1. The third-order valence-corrected chi connectivity index (χ3v) is 4.47. The van der Waals surface area contributed by atoms with Gasteiger partial charge in [-0.05, 0) is 0 Å². The van der Waals surface area contributed by atoms with Gasteiger partial charge in [0.05, 0.1) is 12.9 Å². The number of anilines is 1. The van der Waals surface area contributed by atoms with Crippen LogP contribution in [0.2, 0.25) is 0 Å². The summed E-state index contributed by atoms with van der Waals surface area (Å²) in [5.41, 5.74) is 10.8. The van der Waals surface area contributed by atoms with Crippen LogP contribution in [0.4, 0.5) is 10.6 Å². The number of nitrogens with two attached hydrogens (primary N) is 2. The Morgan fingerprint density at radius 2 is 2.12 bits per heavy atom. The van der Waals surface area contributed by atoms with Gasteiger partial charge in [-0.2, -0.15) is 0 Å². The number of fused-ring (bicyclic) bond motifs is 1. The van der Waals surface area contributed by atoms with Gasteiger partial charge >= 0.3 is 13.9 Å². The number of phosphoric ester groups is 1. The third kappa shape index (κ3) is 3.46. The minimum absolute atomic E-state index is 0.109. The topological polar surface area (TPSA) is 221 Å². The molecule has 6 N–H and O–H groups in total. The van der Waals surface area contributed by atoms with Crippen molar-refractivity contribution < 1.29 is 38.3 Å². The second kappa shape index (κ2) is 6.75. The average Bonchev–Trinajstić information content (AvgIpc) is 3.08. The van der Waals surface area contributed by atoms with Crippen LogP contribution in [0.25, 0.3) is 11.2 Å². The van der Waals surface area contributed by atoms with Crippen LogP contribution in [-0.2, 0) is 18.3 Å². The van der Waals surface area contributed by atoms with E-state index in [-0.39, 0.29) is 17.0 Å². The molecule has 1 saturated heterocycles. The van der Waals surface area contributed by atoms with E-state index in [0.29, 0.717) is 0 Å². The molecular formula is C11H14N6O8P-. The average molecular weight is 389 g/mol. The molecule has 1 unspecified atom stereocenters. The molecule has 14 nitrogen and oxygen atoms in total. The molecule has 26 heavy (non-hydrogen) atoms. The molecule has 0 bridgehead atoms. The lowest BCUT2D eigenvalue weighted by molar-refractivity contribution is -0.222. The normalized spacial score (nSPS) is 28.1. The Morgan fingerprint density at radius 1 is 1.38 bits per heavy atom. The number of aromatic nitrogens is 4. The first-order valence-electron chi connectivity index (χ1n) is 7.09. The predicted molar refractivity (Wildman–Crippen MR) is 79.9 cm³/mol. The van der Waals surface area contributed by atoms with E-state index in [0.717, 1.165) is 0 Å². The Balaban J connectivity index is 1.76. The largest absolute Gasteiger partial charge is 0.746 e. The zero-order valence-electron chi connectivity index (χ0n) is 12.9. The Morgan fingerprint density at radius 3 is 2.81 bits per heavy atom.